The summed E-state index contributed by atoms with van der Waals surface area (Å²) in [4.78, 5) is 0. The van der Waals surface area contributed by atoms with Gasteiger partial charge in [-0.25, -0.2) is 8.97 Å². The third kappa shape index (κ3) is 3.01. The molecular formula is C15H16Cl2N4. The van der Waals surface area contributed by atoms with Crippen molar-refractivity contribution in [2.24, 2.45) is 12.8 Å². The molecule has 2 heterocycles. The quantitative estimate of drug-likeness (QED) is 0.360. The van der Waals surface area contributed by atoms with Crippen LogP contribution in [0.15, 0.2) is 54.9 Å². The van der Waals surface area contributed by atoms with Gasteiger partial charge in [0.25, 0.3) is 5.65 Å². The minimum Gasteiger partial charge on any atom is -1.00 e. The Kier molecular flexibility index (Phi) is 5.35. The molecule has 0 unspecified atom stereocenters. The van der Waals surface area contributed by atoms with Crippen molar-refractivity contribution in [3.63, 3.8) is 0 Å². The molecule has 0 amide bonds. The molecule has 4 nitrogen and oxygen atoms in total. The maximum atomic E-state index is 7.41. The number of imidazole rings is 1. The van der Waals surface area contributed by atoms with Crippen LogP contribution in [0.4, 0.5) is 0 Å². The molecule has 2 aromatic heterocycles. The zero-order chi connectivity index (χ0) is 13.4. The highest BCUT2D eigenvalue weighted by Crippen LogP contribution is 2.19. The first-order valence-electron chi connectivity index (χ1n) is 6.07. The number of nitrogen functional groups attached to an aromatic ring is 1. The van der Waals surface area contributed by atoms with Crippen LogP contribution in [0.2, 0.25) is 0 Å². The topological polar surface area (TPSA) is 58.9 Å². The maximum Gasteiger partial charge on any atom is 0.286 e. The molecule has 6 heteroatoms. The summed E-state index contributed by atoms with van der Waals surface area (Å²) in [6, 6.07) is 13.8. The Morgan fingerprint density at radius 2 is 1.81 bits per heavy atom. The lowest BCUT2D eigenvalue weighted by Gasteiger charge is -2.00. The lowest BCUT2D eigenvalue weighted by Crippen LogP contribution is -3.00. The Morgan fingerprint density at radius 3 is 2.38 bits per heavy atom. The van der Waals surface area contributed by atoms with Crippen molar-refractivity contribution in [3.8, 4) is 11.3 Å². The van der Waals surface area contributed by atoms with Crippen molar-refractivity contribution in [1.29, 1.82) is 5.41 Å². The number of nitrogens with zero attached hydrogens (tertiary/aromatic N) is 2. The molecule has 1 aromatic carbocycles. The van der Waals surface area contributed by atoms with Gasteiger partial charge in [0.05, 0.1) is 13.2 Å². The van der Waals surface area contributed by atoms with E-state index in [0.29, 0.717) is 0 Å². The Morgan fingerprint density at radius 1 is 1.14 bits per heavy atom. The number of amidine groups is 1. The third-order valence-electron chi connectivity index (χ3n) is 3.33. The zero-order valence-corrected chi connectivity index (χ0v) is 13.0. The molecule has 3 rings (SSSR count). The molecule has 3 aromatic rings. The van der Waals surface area contributed by atoms with Crippen molar-refractivity contribution < 1.29 is 16.8 Å². The van der Waals surface area contributed by atoms with E-state index in [4.69, 9.17) is 11.1 Å². The standard InChI is InChI=1S/C15H15N4.2ClH/c1-18-13(10-19-9-3-2-4-14(18)19)11-5-7-12(8-6-11)15(16)17;;/h2-10H,1H3,(H3,16,17);2*1H/q+1;;/p-1. The third-order valence-corrected chi connectivity index (χ3v) is 3.33. The van der Waals surface area contributed by atoms with Gasteiger partial charge in [0.15, 0.2) is 5.69 Å². The lowest BCUT2D eigenvalue weighted by atomic mass is 10.1. The number of aromatic nitrogens is 2. The van der Waals surface area contributed by atoms with Gasteiger partial charge in [0.1, 0.15) is 12.0 Å². The van der Waals surface area contributed by atoms with Gasteiger partial charge in [-0.1, -0.05) is 18.2 Å². The molecule has 0 saturated heterocycles. The number of fused-ring (bicyclic) bond motifs is 1. The van der Waals surface area contributed by atoms with E-state index >= 15 is 0 Å². The summed E-state index contributed by atoms with van der Waals surface area (Å²) in [5, 5.41) is 7.41. The predicted octanol–water partition coefficient (Wildman–Crippen LogP) is -0.859. The number of aryl methyl sites for hydroxylation is 1. The minimum atomic E-state index is 0. The van der Waals surface area contributed by atoms with E-state index in [1.54, 1.807) is 0 Å². The number of hydrogen-bond donors (Lipinski definition) is 2. The number of benzene rings is 1. The van der Waals surface area contributed by atoms with E-state index in [0.717, 1.165) is 22.5 Å². The number of pyridine rings is 1. The van der Waals surface area contributed by atoms with Crippen LogP contribution in [0.1, 0.15) is 5.56 Å². The highest BCUT2D eigenvalue weighted by atomic mass is 35.5. The van der Waals surface area contributed by atoms with Crippen molar-refractivity contribution in [3.05, 3.63) is 60.4 Å². The Bertz CT molecular complexity index is 763. The van der Waals surface area contributed by atoms with Crippen molar-refractivity contribution in [1.82, 2.24) is 4.57 Å². The van der Waals surface area contributed by atoms with Crippen LogP contribution in [0.3, 0.4) is 0 Å². The van der Waals surface area contributed by atoms with Crippen LogP contribution in [0.5, 0.6) is 0 Å². The van der Waals surface area contributed by atoms with Crippen molar-refractivity contribution >= 4 is 23.9 Å². The normalized spacial score (nSPS) is 9.76. The van der Waals surface area contributed by atoms with Crippen molar-refractivity contribution in [2.45, 2.75) is 0 Å². The molecule has 0 aliphatic heterocycles. The molecular weight excluding hydrogens is 307 g/mol. The van der Waals surface area contributed by atoms with Crippen LogP contribution in [0, 0.1) is 5.41 Å². The largest absolute Gasteiger partial charge is 1.00 e. The fourth-order valence-corrected chi connectivity index (χ4v) is 2.27. The number of hydrogen-bond acceptors (Lipinski definition) is 1. The summed E-state index contributed by atoms with van der Waals surface area (Å²) in [7, 11) is 2.05. The van der Waals surface area contributed by atoms with Gasteiger partial charge in [0, 0.05) is 17.2 Å². The molecule has 0 atom stereocenters. The van der Waals surface area contributed by atoms with Crippen LogP contribution in [-0.4, -0.2) is 10.4 Å². The molecule has 3 N–H and O–H groups in total. The SMILES string of the molecule is Cl.Cn1c(-c2ccc(C(=N)N)cc2)c[n+]2ccccc12.[Cl-]. The fourth-order valence-electron chi connectivity index (χ4n) is 2.27. The second-order valence-corrected chi connectivity index (χ2v) is 4.53. The lowest BCUT2D eigenvalue weighted by molar-refractivity contribution is -0.510. The Hall–Kier alpha value is -2.04. The van der Waals surface area contributed by atoms with E-state index in [1.807, 2.05) is 49.6 Å². The average molecular weight is 323 g/mol. The van der Waals surface area contributed by atoms with Gasteiger partial charge in [-0.3, -0.25) is 5.41 Å². The van der Waals surface area contributed by atoms with Gasteiger partial charge >= 0.3 is 0 Å². The van der Waals surface area contributed by atoms with Gasteiger partial charge in [-0.2, -0.15) is 0 Å². The first-order valence-corrected chi connectivity index (χ1v) is 6.07. The number of nitrogens with two attached hydrogens (primary N) is 1. The average Bonchev–Trinajstić information content (AvgIpc) is 2.77. The minimum absolute atomic E-state index is 0. The van der Waals surface area contributed by atoms with Crippen LogP contribution in [0.25, 0.3) is 16.9 Å². The van der Waals surface area contributed by atoms with Gasteiger partial charge in [-0.15, -0.1) is 12.4 Å². The molecule has 21 heavy (non-hydrogen) atoms. The number of rotatable bonds is 2. The molecule has 0 spiro atoms. The molecule has 0 aliphatic carbocycles. The first-order chi connectivity index (χ1) is 9.16. The molecule has 0 radical (unpaired) electrons. The van der Waals surface area contributed by atoms with Gasteiger partial charge in [-0.05, 0) is 18.2 Å². The number of halogens is 2. The second kappa shape index (κ2) is 6.61. The molecule has 0 aliphatic rings. The van der Waals surface area contributed by atoms with Crippen LogP contribution < -0.4 is 22.5 Å². The summed E-state index contributed by atoms with van der Waals surface area (Å²) < 4.78 is 4.23. The monoisotopic (exact) mass is 322 g/mol. The Labute approximate surface area is 135 Å². The summed E-state index contributed by atoms with van der Waals surface area (Å²) >= 11 is 0. The molecule has 0 fully saturated rings. The summed E-state index contributed by atoms with van der Waals surface area (Å²) in [5.74, 6) is 0.0953. The zero-order valence-electron chi connectivity index (χ0n) is 11.5. The molecule has 110 valence electrons. The van der Waals surface area contributed by atoms with E-state index in [1.165, 1.54) is 0 Å². The van der Waals surface area contributed by atoms with Gasteiger partial charge < -0.3 is 18.1 Å². The Balaban J connectivity index is 0.00000110. The van der Waals surface area contributed by atoms with Gasteiger partial charge in [0.2, 0.25) is 0 Å². The fraction of sp³-hybridized carbons (Fsp3) is 0.0667. The summed E-state index contributed by atoms with van der Waals surface area (Å²) in [6.07, 6.45) is 4.13. The van der Waals surface area contributed by atoms with Crippen molar-refractivity contribution in [2.75, 3.05) is 0 Å². The second-order valence-electron chi connectivity index (χ2n) is 4.53. The first kappa shape index (κ1) is 17.0. The summed E-state index contributed by atoms with van der Waals surface area (Å²) in [5.41, 5.74) is 9.58. The highest BCUT2D eigenvalue weighted by Gasteiger charge is 2.14. The highest BCUT2D eigenvalue weighted by molar-refractivity contribution is 5.95. The smallest absolute Gasteiger partial charge is 0.286 e. The number of nitrogens with one attached hydrogen (secondary N) is 1. The maximum absolute atomic E-state index is 7.41. The van der Waals surface area contributed by atoms with Crippen LogP contribution >= 0.6 is 12.4 Å². The van der Waals surface area contributed by atoms with Crippen LogP contribution in [-0.2, 0) is 7.05 Å². The van der Waals surface area contributed by atoms with E-state index in [9.17, 15) is 0 Å². The van der Waals surface area contributed by atoms with E-state index in [-0.39, 0.29) is 30.6 Å². The van der Waals surface area contributed by atoms with E-state index < -0.39 is 0 Å². The predicted molar refractivity (Wildman–Crippen MR) is 82.3 cm³/mol. The van der Waals surface area contributed by atoms with E-state index in [2.05, 4.69) is 21.2 Å². The summed E-state index contributed by atoms with van der Waals surface area (Å²) in [6.45, 7) is 0. The molecule has 0 saturated carbocycles. The molecule has 0 bridgehead atoms.